The number of anilines is 2. The Morgan fingerprint density at radius 2 is 1.93 bits per heavy atom. The first-order valence-electron chi connectivity index (χ1n) is 9.50. The van der Waals surface area contributed by atoms with E-state index in [1.807, 2.05) is 42.5 Å². The Bertz CT molecular complexity index is 997. The number of hydrogen-bond donors (Lipinski definition) is 1. The Morgan fingerprint density at radius 1 is 1.10 bits per heavy atom. The van der Waals surface area contributed by atoms with Gasteiger partial charge in [-0.2, -0.15) is 0 Å². The van der Waals surface area contributed by atoms with Gasteiger partial charge >= 0.3 is 0 Å². The van der Waals surface area contributed by atoms with Crippen molar-refractivity contribution in [3.05, 3.63) is 71.0 Å². The second-order valence-corrected chi connectivity index (χ2v) is 7.96. The number of halogens is 2. The van der Waals surface area contributed by atoms with Crippen molar-refractivity contribution >= 4 is 33.3 Å². The molecule has 5 nitrogen and oxygen atoms in total. The third kappa shape index (κ3) is 4.62. The number of nitrogens with one attached hydrogen (secondary N) is 1. The SMILES string of the molecule is O=C(Nc1ccc(Br)cc1F)C1CCCN(c2ccc(-c3ccccc3)nn2)C1. The largest absolute Gasteiger partial charge is 0.354 e. The average molecular weight is 455 g/mol. The smallest absolute Gasteiger partial charge is 0.229 e. The molecule has 1 amide bonds. The van der Waals surface area contributed by atoms with E-state index in [-0.39, 0.29) is 17.5 Å². The molecule has 1 N–H and O–H groups in total. The van der Waals surface area contributed by atoms with Crippen LogP contribution >= 0.6 is 15.9 Å². The highest BCUT2D eigenvalue weighted by atomic mass is 79.9. The molecule has 1 saturated heterocycles. The van der Waals surface area contributed by atoms with Gasteiger partial charge in [0.05, 0.1) is 17.3 Å². The maximum atomic E-state index is 14.0. The first-order chi connectivity index (χ1) is 14.1. The van der Waals surface area contributed by atoms with Gasteiger partial charge in [0.15, 0.2) is 5.82 Å². The quantitative estimate of drug-likeness (QED) is 0.608. The lowest BCUT2D eigenvalue weighted by atomic mass is 9.97. The van der Waals surface area contributed by atoms with E-state index in [2.05, 4.69) is 36.3 Å². The monoisotopic (exact) mass is 454 g/mol. The number of piperidine rings is 1. The average Bonchev–Trinajstić information content (AvgIpc) is 2.76. The van der Waals surface area contributed by atoms with Gasteiger partial charge in [-0.25, -0.2) is 4.39 Å². The van der Waals surface area contributed by atoms with Gasteiger partial charge < -0.3 is 10.2 Å². The van der Waals surface area contributed by atoms with Crippen LogP contribution in [-0.4, -0.2) is 29.2 Å². The molecule has 0 saturated carbocycles. The number of hydrogen-bond acceptors (Lipinski definition) is 4. The van der Waals surface area contributed by atoms with Crippen LogP contribution in [-0.2, 0) is 4.79 Å². The van der Waals surface area contributed by atoms with Crippen molar-refractivity contribution in [2.45, 2.75) is 12.8 Å². The molecule has 29 heavy (non-hydrogen) atoms. The molecule has 1 aliphatic heterocycles. The summed E-state index contributed by atoms with van der Waals surface area (Å²) in [7, 11) is 0. The van der Waals surface area contributed by atoms with E-state index in [0.29, 0.717) is 11.0 Å². The summed E-state index contributed by atoms with van der Waals surface area (Å²) in [5.74, 6) is -0.119. The normalized spacial score (nSPS) is 16.5. The van der Waals surface area contributed by atoms with E-state index < -0.39 is 5.82 Å². The molecule has 3 aromatic rings. The lowest BCUT2D eigenvalue weighted by Crippen LogP contribution is -2.41. The van der Waals surface area contributed by atoms with Crippen molar-refractivity contribution < 1.29 is 9.18 Å². The van der Waals surface area contributed by atoms with Gasteiger partial charge in [0.2, 0.25) is 5.91 Å². The highest BCUT2D eigenvalue weighted by Crippen LogP contribution is 2.25. The summed E-state index contributed by atoms with van der Waals surface area (Å²) in [6.07, 6.45) is 1.62. The summed E-state index contributed by atoms with van der Waals surface area (Å²) in [6, 6.07) is 18.4. The number of aromatic nitrogens is 2. The Hall–Kier alpha value is -2.80. The summed E-state index contributed by atoms with van der Waals surface area (Å²) in [4.78, 5) is 14.7. The number of carbonyl (C=O) groups excluding carboxylic acids is 1. The molecule has 1 unspecified atom stereocenters. The third-order valence-electron chi connectivity index (χ3n) is 5.03. The first-order valence-corrected chi connectivity index (χ1v) is 10.3. The summed E-state index contributed by atoms with van der Waals surface area (Å²) < 4.78 is 14.7. The van der Waals surface area contributed by atoms with E-state index in [9.17, 15) is 9.18 Å². The number of nitrogens with zero attached hydrogens (tertiary/aromatic N) is 3. The molecule has 0 spiro atoms. The minimum Gasteiger partial charge on any atom is -0.354 e. The number of carbonyl (C=O) groups is 1. The van der Waals surface area contributed by atoms with E-state index in [1.165, 1.54) is 6.07 Å². The molecule has 0 bridgehead atoms. The second kappa shape index (κ2) is 8.69. The number of benzene rings is 2. The maximum absolute atomic E-state index is 14.0. The van der Waals surface area contributed by atoms with Gasteiger partial charge in [-0.15, -0.1) is 10.2 Å². The Balaban J connectivity index is 1.43. The lowest BCUT2D eigenvalue weighted by molar-refractivity contribution is -0.120. The summed E-state index contributed by atoms with van der Waals surface area (Å²) in [5.41, 5.74) is 2.02. The predicted molar refractivity (Wildman–Crippen MR) is 115 cm³/mol. The van der Waals surface area contributed by atoms with Crippen LogP contribution < -0.4 is 10.2 Å². The van der Waals surface area contributed by atoms with Crippen LogP contribution in [0.25, 0.3) is 11.3 Å². The highest BCUT2D eigenvalue weighted by Gasteiger charge is 2.27. The fraction of sp³-hybridized carbons (Fsp3) is 0.227. The molecule has 2 heterocycles. The fourth-order valence-corrected chi connectivity index (χ4v) is 3.81. The summed E-state index contributed by atoms with van der Waals surface area (Å²) in [6.45, 7) is 1.35. The zero-order chi connectivity index (χ0) is 20.2. The molecule has 1 aromatic heterocycles. The van der Waals surface area contributed by atoms with E-state index >= 15 is 0 Å². The number of amides is 1. The van der Waals surface area contributed by atoms with Gasteiger partial charge in [0.25, 0.3) is 0 Å². The van der Waals surface area contributed by atoms with E-state index in [0.717, 1.165) is 36.5 Å². The van der Waals surface area contributed by atoms with Gasteiger partial charge in [-0.05, 0) is 43.2 Å². The van der Waals surface area contributed by atoms with Crippen LogP contribution in [0, 0.1) is 11.7 Å². The van der Waals surface area contributed by atoms with Crippen LogP contribution in [0.4, 0.5) is 15.9 Å². The molecule has 1 atom stereocenters. The van der Waals surface area contributed by atoms with Crippen LogP contribution in [0.1, 0.15) is 12.8 Å². The summed E-state index contributed by atoms with van der Waals surface area (Å²) in [5, 5.41) is 11.4. The third-order valence-corrected chi connectivity index (χ3v) is 5.52. The molecular weight excluding hydrogens is 435 g/mol. The van der Waals surface area contributed by atoms with Crippen molar-refractivity contribution in [3.63, 3.8) is 0 Å². The second-order valence-electron chi connectivity index (χ2n) is 7.04. The number of rotatable bonds is 4. The Kier molecular flexibility index (Phi) is 5.85. The molecule has 2 aromatic carbocycles. The van der Waals surface area contributed by atoms with E-state index in [4.69, 9.17) is 0 Å². The van der Waals surface area contributed by atoms with Crippen molar-refractivity contribution in [2.24, 2.45) is 5.92 Å². The lowest BCUT2D eigenvalue weighted by Gasteiger charge is -2.32. The zero-order valence-electron chi connectivity index (χ0n) is 15.7. The predicted octanol–water partition coefficient (Wildman–Crippen LogP) is 4.90. The maximum Gasteiger partial charge on any atom is 0.229 e. The molecule has 1 fully saturated rings. The molecular formula is C22H20BrFN4O. The van der Waals surface area contributed by atoms with Crippen molar-refractivity contribution in [2.75, 3.05) is 23.3 Å². The standard InChI is InChI=1S/C22H20BrFN4O/c23-17-8-9-20(18(24)13-17)25-22(29)16-7-4-12-28(14-16)21-11-10-19(26-27-21)15-5-2-1-3-6-15/h1-3,5-6,8-11,13,16H,4,7,12,14H2,(H,25,29). The van der Waals surface area contributed by atoms with Gasteiger partial charge in [0, 0.05) is 23.1 Å². The molecule has 0 aliphatic carbocycles. The Labute approximate surface area is 177 Å². The Morgan fingerprint density at radius 3 is 2.66 bits per heavy atom. The van der Waals surface area contributed by atoms with Crippen LogP contribution in [0.5, 0.6) is 0 Å². The zero-order valence-corrected chi connectivity index (χ0v) is 17.3. The minimum atomic E-state index is -0.456. The topological polar surface area (TPSA) is 58.1 Å². The van der Waals surface area contributed by atoms with Crippen LogP contribution in [0.3, 0.4) is 0 Å². The van der Waals surface area contributed by atoms with Gasteiger partial charge in [-0.1, -0.05) is 46.3 Å². The molecule has 4 rings (SSSR count). The molecule has 1 aliphatic rings. The molecule has 7 heteroatoms. The van der Waals surface area contributed by atoms with Gasteiger partial charge in [0.1, 0.15) is 5.82 Å². The minimum absolute atomic E-state index is 0.176. The highest BCUT2D eigenvalue weighted by molar-refractivity contribution is 9.10. The van der Waals surface area contributed by atoms with Gasteiger partial charge in [-0.3, -0.25) is 4.79 Å². The van der Waals surface area contributed by atoms with Crippen molar-refractivity contribution in [3.8, 4) is 11.3 Å². The fourth-order valence-electron chi connectivity index (χ4n) is 3.48. The van der Waals surface area contributed by atoms with Crippen LogP contribution in [0.2, 0.25) is 0 Å². The van der Waals surface area contributed by atoms with Crippen molar-refractivity contribution in [1.29, 1.82) is 0 Å². The molecule has 0 radical (unpaired) electrons. The van der Waals surface area contributed by atoms with Crippen molar-refractivity contribution in [1.82, 2.24) is 10.2 Å². The van der Waals surface area contributed by atoms with Crippen LogP contribution in [0.15, 0.2) is 65.1 Å². The molecule has 148 valence electrons. The van der Waals surface area contributed by atoms with E-state index in [1.54, 1.807) is 12.1 Å². The summed E-state index contributed by atoms with van der Waals surface area (Å²) >= 11 is 3.22. The first kappa shape index (κ1) is 19.5.